The van der Waals surface area contributed by atoms with E-state index < -0.39 is 24.0 Å². The molecule has 10 heteroatoms. The van der Waals surface area contributed by atoms with Crippen LogP contribution < -0.4 is 0 Å². The minimum absolute atomic E-state index is 0.240. The number of likely N-dealkylation sites (tertiary alicyclic amines) is 1. The van der Waals surface area contributed by atoms with Crippen molar-refractivity contribution in [3.8, 4) is 0 Å². The maximum atomic E-state index is 11.5. The van der Waals surface area contributed by atoms with E-state index in [0.29, 0.717) is 0 Å². The van der Waals surface area contributed by atoms with Gasteiger partial charge in [0.25, 0.3) is 0 Å². The number of esters is 1. The number of hydrogen-bond donors (Lipinski definition) is 0. The normalized spacial score (nSPS) is 22.2. The van der Waals surface area contributed by atoms with Crippen LogP contribution in [-0.4, -0.2) is 49.1 Å². The fourth-order valence-corrected chi connectivity index (χ4v) is 1.45. The molecule has 1 saturated heterocycles. The molecule has 1 fully saturated rings. The van der Waals surface area contributed by atoms with Gasteiger partial charge in [-0.25, -0.2) is 0 Å². The van der Waals surface area contributed by atoms with E-state index in [1.165, 1.54) is 7.11 Å². The summed E-state index contributed by atoms with van der Waals surface area (Å²) >= 11 is 0. The Hall–Kier alpha value is -2.35. The van der Waals surface area contributed by atoms with Crippen LogP contribution in [-0.2, 0) is 19.2 Å². The fourth-order valence-electron chi connectivity index (χ4n) is 1.45. The Morgan fingerprint density at radius 3 is 2.88 bits per heavy atom. The summed E-state index contributed by atoms with van der Waals surface area (Å²) in [5, 5.41) is 5.41. The van der Waals surface area contributed by atoms with Gasteiger partial charge in [-0.15, -0.1) is 4.91 Å². The van der Waals surface area contributed by atoms with E-state index in [0.717, 1.165) is 4.90 Å². The Morgan fingerprint density at radius 1 is 1.65 bits per heavy atom. The molecule has 0 aliphatic carbocycles. The fraction of sp³-hybridized carbons (Fsp3) is 0.714. The second kappa shape index (κ2) is 5.66. The lowest BCUT2D eigenvalue weighted by atomic mass is 9.97. The molecular formula is C7H9N5O5. The topological polar surface area (TPSA) is 134 Å². The van der Waals surface area contributed by atoms with Gasteiger partial charge in [-0.05, 0) is 5.53 Å². The number of hydrogen-bond acceptors (Lipinski definition) is 7. The number of nitrogens with zero attached hydrogens (tertiary/aromatic N) is 5. The first kappa shape index (κ1) is 12.7. The monoisotopic (exact) mass is 243 g/mol. The zero-order chi connectivity index (χ0) is 12.8. The average Bonchev–Trinajstić information content (AvgIpc) is 2.35. The summed E-state index contributed by atoms with van der Waals surface area (Å²) in [7, 11) is 1.18. The molecule has 17 heavy (non-hydrogen) atoms. The Balaban J connectivity index is 2.68. The average molecular weight is 243 g/mol. The lowest BCUT2D eigenvalue weighted by Crippen LogP contribution is -2.66. The molecule has 10 nitrogen and oxygen atoms in total. The summed E-state index contributed by atoms with van der Waals surface area (Å²) in [6.45, 7) is -0.532. The van der Waals surface area contributed by atoms with Crippen LogP contribution >= 0.6 is 0 Å². The van der Waals surface area contributed by atoms with Crippen molar-refractivity contribution in [3.63, 3.8) is 0 Å². The Kier molecular flexibility index (Phi) is 4.23. The zero-order valence-electron chi connectivity index (χ0n) is 8.85. The number of methoxy groups -OCH3 is 1. The van der Waals surface area contributed by atoms with Crippen LogP contribution in [0.25, 0.3) is 10.4 Å². The number of amides is 1. The summed E-state index contributed by atoms with van der Waals surface area (Å²) in [5.41, 5.74) is 8.25. The van der Waals surface area contributed by atoms with Crippen LogP contribution in [0.2, 0.25) is 0 Å². The van der Waals surface area contributed by atoms with Crippen molar-refractivity contribution in [1.29, 1.82) is 0 Å². The number of azide groups is 1. The third-order valence-electron chi connectivity index (χ3n) is 2.30. The number of ether oxygens (including phenoxy) is 1. The molecule has 1 heterocycles. The Bertz CT molecular complexity index is 379. The maximum Gasteiger partial charge on any atom is 0.325 e. The van der Waals surface area contributed by atoms with Crippen molar-refractivity contribution in [2.45, 2.75) is 12.1 Å². The van der Waals surface area contributed by atoms with Gasteiger partial charge in [0.15, 0.2) is 5.34 Å². The summed E-state index contributed by atoms with van der Waals surface area (Å²) in [6.07, 6.45) is 0. The highest BCUT2D eigenvalue weighted by Gasteiger charge is 2.48. The molecule has 1 rings (SSSR count). The minimum Gasteiger partial charge on any atom is -0.468 e. The van der Waals surface area contributed by atoms with E-state index in [4.69, 9.17) is 5.53 Å². The van der Waals surface area contributed by atoms with Gasteiger partial charge in [0, 0.05) is 4.91 Å². The molecule has 0 bridgehead atoms. The first-order chi connectivity index (χ1) is 8.15. The van der Waals surface area contributed by atoms with E-state index in [1.807, 2.05) is 0 Å². The molecule has 1 amide bonds. The molecule has 0 N–H and O–H groups in total. The minimum atomic E-state index is -0.980. The predicted molar refractivity (Wildman–Crippen MR) is 52.2 cm³/mol. The standard InChI is InChI=1S/C7H9N5O5/c1-16-5(13)2-12-4(3-17-11-15)6(7(12)14)9-10-8/h4,6H,2-3H2,1H3/t4-,6+/m1/s1. The van der Waals surface area contributed by atoms with Gasteiger partial charge in [0.2, 0.25) is 5.91 Å². The van der Waals surface area contributed by atoms with Gasteiger partial charge in [-0.1, -0.05) is 5.11 Å². The van der Waals surface area contributed by atoms with Crippen molar-refractivity contribution >= 4 is 11.9 Å². The van der Waals surface area contributed by atoms with Crippen LogP contribution in [0.1, 0.15) is 0 Å². The number of carbonyl (C=O) groups excluding carboxylic acids is 2. The molecule has 0 aromatic heterocycles. The quantitative estimate of drug-likeness (QED) is 0.120. The van der Waals surface area contributed by atoms with Crippen LogP contribution in [0.15, 0.2) is 10.5 Å². The van der Waals surface area contributed by atoms with Crippen molar-refractivity contribution in [2.75, 3.05) is 20.3 Å². The molecule has 0 saturated carbocycles. The molecule has 0 radical (unpaired) electrons. The summed E-state index contributed by atoms with van der Waals surface area (Å²) in [6, 6.07) is -1.67. The summed E-state index contributed by atoms with van der Waals surface area (Å²) in [4.78, 5) is 40.1. The van der Waals surface area contributed by atoms with Crippen LogP contribution in [0.5, 0.6) is 0 Å². The van der Waals surface area contributed by atoms with Gasteiger partial charge in [-0.2, -0.15) is 0 Å². The SMILES string of the molecule is COC(=O)CN1C(=O)[C@@H](N=[N+]=[N-])[C@H]1CON=O. The van der Waals surface area contributed by atoms with Crippen molar-refractivity contribution in [1.82, 2.24) is 4.90 Å². The van der Waals surface area contributed by atoms with Gasteiger partial charge >= 0.3 is 5.97 Å². The van der Waals surface area contributed by atoms with E-state index in [-0.39, 0.29) is 13.2 Å². The largest absolute Gasteiger partial charge is 0.468 e. The van der Waals surface area contributed by atoms with E-state index >= 15 is 0 Å². The molecule has 0 unspecified atom stereocenters. The molecule has 0 spiro atoms. The first-order valence-electron chi connectivity index (χ1n) is 4.51. The van der Waals surface area contributed by atoms with Gasteiger partial charge in [0.05, 0.1) is 13.2 Å². The third-order valence-corrected chi connectivity index (χ3v) is 2.30. The van der Waals surface area contributed by atoms with Crippen molar-refractivity contribution in [3.05, 3.63) is 15.3 Å². The first-order valence-corrected chi connectivity index (χ1v) is 4.51. The number of β-lactam (4-membered cyclic amide) rings is 1. The predicted octanol–water partition coefficient (Wildman–Crippen LogP) is -0.253. The van der Waals surface area contributed by atoms with Gasteiger partial charge < -0.3 is 14.5 Å². The molecule has 1 aliphatic rings. The van der Waals surface area contributed by atoms with Crippen molar-refractivity contribution in [2.24, 2.45) is 10.5 Å². The molecule has 0 aromatic rings. The van der Waals surface area contributed by atoms with Gasteiger partial charge in [-0.3, -0.25) is 9.59 Å². The second-order valence-corrected chi connectivity index (χ2v) is 3.13. The second-order valence-electron chi connectivity index (χ2n) is 3.13. The van der Waals surface area contributed by atoms with Crippen LogP contribution in [0.3, 0.4) is 0 Å². The van der Waals surface area contributed by atoms with Crippen LogP contribution in [0.4, 0.5) is 0 Å². The van der Waals surface area contributed by atoms with Crippen LogP contribution in [0, 0.1) is 4.91 Å². The van der Waals surface area contributed by atoms with Crippen molar-refractivity contribution < 1.29 is 19.2 Å². The summed E-state index contributed by atoms with van der Waals surface area (Å²) in [5.74, 6) is -1.14. The molecule has 2 atom stereocenters. The molecule has 92 valence electrons. The smallest absolute Gasteiger partial charge is 0.325 e. The third kappa shape index (κ3) is 2.61. The van der Waals surface area contributed by atoms with E-state index in [2.05, 4.69) is 24.9 Å². The zero-order valence-corrected chi connectivity index (χ0v) is 8.85. The van der Waals surface area contributed by atoms with E-state index in [9.17, 15) is 14.5 Å². The summed E-state index contributed by atoms with van der Waals surface area (Å²) < 4.78 is 4.39. The molecule has 1 aliphatic heterocycles. The number of carbonyl (C=O) groups is 2. The highest BCUT2D eigenvalue weighted by atomic mass is 16.7. The highest BCUT2D eigenvalue weighted by molar-refractivity contribution is 5.92. The molecular weight excluding hydrogens is 234 g/mol. The van der Waals surface area contributed by atoms with Gasteiger partial charge in [0.1, 0.15) is 19.2 Å². The maximum absolute atomic E-state index is 11.5. The number of rotatable bonds is 6. The Morgan fingerprint density at radius 2 is 2.35 bits per heavy atom. The lowest BCUT2D eigenvalue weighted by Gasteiger charge is -2.43. The lowest BCUT2D eigenvalue weighted by molar-refractivity contribution is -0.161. The Labute approximate surface area is 95.0 Å². The molecule has 0 aromatic carbocycles. The highest BCUT2D eigenvalue weighted by Crippen LogP contribution is 2.23. The van der Waals surface area contributed by atoms with E-state index in [1.54, 1.807) is 0 Å².